The highest BCUT2D eigenvalue weighted by atomic mass is 35.5. The summed E-state index contributed by atoms with van der Waals surface area (Å²) in [7, 11) is 0. The average Bonchev–Trinajstić information content (AvgIpc) is 2.51. The van der Waals surface area contributed by atoms with Crippen LogP contribution in [-0.2, 0) is 4.79 Å². The highest BCUT2D eigenvalue weighted by Gasteiger charge is 2.12. The third-order valence-electron chi connectivity index (χ3n) is 3.25. The number of rotatable bonds is 4. The van der Waals surface area contributed by atoms with Gasteiger partial charge in [-0.1, -0.05) is 41.4 Å². The Morgan fingerprint density at radius 1 is 1.04 bits per heavy atom. The minimum atomic E-state index is -0.406. The van der Waals surface area contributed by atoms with Crippen molar-refractivity contribution in [1.82, 2.24) is 5.32 Å². The molecule has 0 spiro atoms. The summed E-state index contributed by atoms with van der Waals surface area (Å²) in [5.74, 6) is -0.152. The van der Waals surface area contributed by atoms with Gasteiger partial charge >= 0.3 is 6.03 Å². The maximum Gasteiger partial charge on any atom is 0.319 e. The molecule has 2 aromatic carbocycles. The lowest BCUT2D eigenvalue weighted by Crippen LogP contribution is -2.31. The van der Waals surface area contributed by atoms with Crippen LogP contribution in [0.15, 0.2) is 42.5 Å². The second-order valence-corrected chi connectivity index (χ2v) is 6.01. The summed E-state index contributed by atoms with van der Waals surface area (Å²) in [6, 6.07) is 11.6. The molecule has 3 amide bonds. The Hall–Kier alpha value is -2.24. The van der Waals surface area contributed by atoms with Crippen molar-refractivity contribution in [3.8, 4) is 0 Å². The maximum absolute atomic E-state index is 12.1. The molecule has 5 nitrogen and oxygen atoms in total. The molecule has 0 aliphatic carbocycles. The van der Waals surface area contributed by atoms with E-state index in [1.807, 2.05) is 19.1 Å². The number of hydrogen-bond acceptors (Lipinski definition) is 2. The molecule has 0 radical (unpaired) electrons. The highest BCUT2D eigenvalue weighted by molar-refractivity contribution is 6.43. The minimum absolute atomic E-state index is 0.152. The van der Waals surface area contributed by atoms with Gasteiger partial charge in [-0.05, 0) is 36.8 Å². The van der Waals surface area contributed by atoms with E-state index in [1.54, 1.807) is 30.3 Å². The fourth-order valence-electron chi connectivity index (χ4n) is 2.13. The molecular weight excluding hydrogens is 349 g/mol. The van der Waals surface area contributed by atoms with Gasteiger partial charge in [0.05, 0.1) is 21.8 Å². The summed E-state index contributed by atoms with van der Waals surface area (Å²) >= 11 is 12.0. The Morgan fingerprint density at radius 2 is 1.75 bits per heavy atom. The lowest BCUT2D eigenvalue weighted by atomic mass is 10.1. The van der Waals surface area contributed by atoms with Gasteiger partial charge in [-0.25, -0.2) is 4.79 Å². The molecular formula is C17H17Cl2N3O2. The fraction of sp³-hybridized carbons (Fsp3) is 0.176. The van der Waals surface area contributed by atoms with Crippen LogP contribution in [0.1, 0.15) is 25.5 Å². The van der Waals surface area contributed by atoms with Crippen molar-refractivity contribution in [2.24, 2.45) is 0 Å². The molecule has 2 rings (SSSR count). The van der Waals surface area contributed by atoms with Gasteiger partial charge in [0.25, 0.3) is 0 Å². The van der Waals surface area contributed by atoms with Gasteiger partial charge in [-0.2, -0.15) is 0 Å². The van der Waals surface area contributed by atoms with E-state index in [2.05, 4.69) is 16.0 Å². The molecule has 0 fully saturated rings. The SMILES string of the molecule is CC(=O)Nc1cccc([C@@H](C)NC(=O)Nc2cccc(Cl)c2Cl)c1. The van der Waals surface area contributed by atoms with Crippen molar-refractivity contribution in [3.63, 3.8) is 0 Å². The number of urea groups is 1. The Kier molecular flexibility index (Phi) is 6.06. The molecule has 0 unspecified atom stereocenters. The third kappa shape index (κ3) is 4.88. The molecule has 24 heavy (non-hydrogen) atoms. The predicted molar refractivity (Wildman–Crippen MR) is 97.8 cm³/mol. The molecule has 3 N–H and O–H groups in total. The van der Waals surface area contributed by atoms with Crippen LogP contribution in [-0.4, -0.2) is 11.9 Å². The Labute approximate surface area is 150 Å². The van der Waals surface area contributed by atoms with Crippen molar-refractivity contribution in [2.45, 2.75) is 19.9 Å². The second kappa shape index (κ2) is 8.04. The fourth-order valence-corrected chi connectivity index (χ4v) is 2.48. The van der Waals surface area contributed by atoms with Gasteiger partial charge in [0.1, 0.15) is 0 Å². The van der Waals surface area contributed by atoms with E-state index in [4.69, 9.17) is 23.2 Å². The van der Waals surface area contributed by atoms with Crippen molar-refractivity contribution in [1.29, 1.82) is 0 Å². The Morgan fingerprint density at radius 3 is 2.46 bits per heavy atom. The Bertz CT molecular complexity index is 765. The van der Waals surface area contributed by atoms with Gasteiger partial charge in [0.15, 0.2) is 0 Å². The van der Waals surface area contributed by atoms with E-state index in [-0.39, 0.29) is 17.0 Å². The Balaban J connectivity index is 2.03. The van der Waals surface area contributed by atoms with E-state index < -0.39 is 6.03 Å². The van der Waals surface area contributed by atoms with E-state index in [0.29, 0.717) is 16.4 Å². The van der Waals surface area contributed by atoms with Crippen LogP contribution in [0.2, 0.25) is 10.0 Å². The normalized spacial score (nSPS) is 11.5. The predicted octanol–water partition coefficient (Wildman–Crippen LogP) is 4.83. The van der Waals surface area contributed by atoms with Crippen LogP contribution >= 0.6 is 23.2 Å². The van der Waals surface area contributed by atoms with E-state index >= 15 is 0 Å². The molecule has 0 aliphatic rings. The van der Waals surface area contributed by atoms with Crippen LogP contribution in [0.3, 0.4) is 0 Å². The number of hydrogen-bond donors (Lipinski definition) is 3. The van der Waals surface area contributed by atoms with E-state index in [9.17, 15) is 9.59 Å². The monoisotopic (exact) mass is 365 g/mol. The zero-order chi connectivity index (χ0) is 17.7. The van der Waals surface area contributed by atoms with Gasteiger partial charge in [0.2, 0.25) is 5.91 Å². The molecule has 0 bridgehead atoms. The maximum atomic E-state index is 12.1. The number of nitrogens with one attached hydrogen (secondary N) is 3. The van der Waals surface area contributed by atoms with Crippen molar-refractivity contribution in [2.75, 3.05) is 10.6 Å². The summed E-state index contributed by atoms with van der Waals surface area (Å²) in [4.78, 5) is 23.2. The summed E-state index contributed by atoms with van der Waals surface area (Å²) in [5, 5.41) is 8.83. The van der Waals surface area contributed by atoms with Crippen LogP contribution in [0.4, 0.5) is 16.2 Å². The van der Waals surface area contributed by atoms with Gasteiger partial charge < -0.3 is 16.0 Å². The van der Waals surface area contributed by atoms with Crippen molar-refractivity contribution >= 4 is 46.5 Å². The van der Waals surface area contributed by atoms with E-state index in [0.717, 1.165) is 5.56 Å². The minimum Gasteiger partial charge on any atom is -0.331 e. The molecule has 7 heteroatoms. The van der Waals surface area contributed by atoms with Gasteiger partial charge in [-0.15, -0.1) is 0 Å². The number of carbonyl (C=O) groups excluding carboxylic acids is 2. The highest BCUT2D eigenvalue weighted by Crippen LogP contribution is 2.29. The average molecular weight is 366 g/mol. The largest absolute Gasteiger partial charge is 0.331 e. The molecule has 0 heterocycles. The first kappa shape index (κ1) is 18.1. The van der Waals surface area contributed by atoms with Crippen LogP contribution in [0.25, 0.3) is 0 Å². The number of anilines is 2. The number of carbonyl (C=O) groups is 2. The molecule has 0 saturated heterocycles. The molecule has 0 aromatic heterocycles. The summed E-state index contributed by atoms with van der Waals surface area (Å²) in [6.07, 6.45) is 0. The van der Waals surface area contributed by atoms with Gasteiger partial charge in [-0.3, -0.25) is 4.79 Å². The van der Waals surface area contributed by atoms with Gasteiger partial charge in [0, 0.05) is 12.6 Å². The topological polar surface area (TPSA) is 70.2 Å². The standard InChI is InChI=1S/C17H17Cl2N3O2/c1-10(12-5-3-6-13(9-12)21-11(2)23)20-17(24)22-15-8-4-7-14(18)16(15)19/h3-10H,1-2H3,(H,21,23)(H2,20,22,24)/t10-/m1/s1. The van der Waals surface area contributed by atoms with Crippen LogP contribution < -0.4 is 16.0 Å². The van der Waals surface area contributed by atoms with Crippen LogP contribution in [0, 0.1) is 0 Å². The first-order valence-corrected chi connectivity index (χ1v) is 8.01. The summed E-state index contributed by atoms with van der Waals surface area (Å²) in [5.41, 5.74) is 1.96. The molecule has 126 valence electrons. The first-order valence-electron chi connectivity index (χ1n) is 7.26. The van der Waals surface area contributed by atoms with Crippen molar-refractivity contribution < 1.29 is 9.59 Å². The second-order valence-electron chi connectivity index (χ2n) is 5.23. The lowest BCUT2D eigenvalue weighted by molar-refractivity contribution is -0.114. The summed E-state index contributed by atoms with van der Waals surface area (Å²) < 4.78 is 0. The first-order chi connectivity index (χ1) is 11.4. The number of benzene rings is 2. The zero-order valence-electron chi connectivity index (χ0n) is 13.2. The number of halogens is 2. The molecule has 0 saturated carbocycles. The lowest BCUT2D eigenvalue weighted by Gasteiger charge is -2.16. The number of amides is 3. The zero-order valence-corrected chi connectivity index (χ0v) is 14.7. The van der Waals surface area contributed by atoms with Crippen LogP contribution in [0.5, 0.6) is 0 Å². The summed E-state index contributed by atoms with van der Waals surface area (Å²) in [6.45, 7) is 3.28. The molecule has 1 atom stereocenters. The third-order valence-corrected chi connectivity index (χ3v) is 4.07. The van der Waals surface area contributed by atoms with Crippen molar-refractivity contribution in [3.05, 3.63) is 58.1 Å². The quantitative estimate of drug-likeness (QED) is 0.725. The smallest absolute Gasteiger partial charge is 0.319 e. The van der Waals surface area contributed by atoms with E-state index in [1.165, 1.54) is 6.92 Å². The molecule has 2 aromatic rings. The molecule has 0 aliphatic heterocycles.